The Bertz CT molecular complexity index is 157. The molecular formula is C10H23N3O. The van der Waals surface area contributed by atoms with Crippen molar-refractivity contribution in [3.8, 4) is 0 Å². The third-order valence-electron chi connectivity index (χ3n) is 2.42. The van der Waals surface area contributed by atoms with Gasteiger partial charge >= 0.3 is 0 Å². The lowest BCUT2D eigenvalue weighted by atomic mass is 10.1. The normalized spacial score (nSPS) is 13.1. The van der Waals surface area contributed by atoms with Crippen molar-refractivity contribution in [2.75, 3.05) is 19.6 Å². The minimum atomic E-state index is -0.270. The van der Waals surface area contributed by atoms with Crippen LogP contribution in [0.2, 0.25) is 0 Å². The van der Waals surface area contributed by atoms with Crippen molar-refractivity contribution in [1.82, 2.24) is 4.90 Å². The predicted octanol–water partition coefficient (Wildman–Crippen LogP) is 0.311. The summed E-state index contributed by atoms with van der Waals surface area (Å²) in [4.78, 5) is 12.9. The number of nitrogens with two attached hydrogens (primary N) is 2. The first-order valence-corrected chi connectivity index (χ1v) is 5.38. The molecule has 14 heavy (non-hydrogen) atoms. The summed E-state index contributed by atoms with van der Waals surface area (Å²) in [5.41, 5.74) is 10.8. The van der Waals surface area contributed by atoms with E-state index in [1.54, 1.807) is 0 Å². The van der Waals surface area contributed by atoms with E-state index in [4.69, 9.17) is 11.5 Å². The number of nitrogens with zero attached hydrogens (tertiary/aromatic N) is 1. The Kier molecular flexibility index (Phi) is 7.42. The van der Waals surface area contributed by atoms with Crippen LogP contribution in [0.4, 0.5) is 0 Å². The number of carbonyl (C=O) groups excluding carboxylic acids is 1. The van der Waals surface area contributed by atoms with Crippen molar-refractivity contribution in [2.45, 2.75) is 39.2 Å². The lowest BCUT2D eigenvalue weighted by molar-refractivity contribution is -0.119. The van der Waals surface area contributed by atoms with Gasteiger partial charge in [-0.2, -0.15) is 0 Å². The second-order valence-electron chi connectivity index (χ2n) is 3.59. The van der Waals surface area contributed by atoms with Crippen LogP contribution in [-0.4, -0.2) is 36.5 Å². The van der Waals surface area contributed by atoms with Crippen molar-refractivity contribution >= 4 is 5.91 Å². The zero-order valence-electron chi connectivity index (χ0n) is 9.33. The van der Waals surface area contributed by atoms with Crippen molar-refractivity contribution in [2.24, 2.45) is 11.5 Å². The fourth-order valence-corrected chi connectivity index (χ4v) is 1.53. The Morgan fingerprint density at radius 1 is 1.43 bits per heavy atom. The topological polar surface area (TPSA) is 72.3 Å². The highest BCUT2D eigenvalue weighted by atomic mass is 16.1. The second-order valence-corrected chi connectivity index (χ2v) is 3.59. The molecule has 4 nitrogen and oxygen atoms in total. The van der Waals surface area contributed by atoms with Gasteiger partial charge in [-0.1, -0.05) is 20.3 Å². The SMILES string of the molecule is CCCCN(CC(N)=O)C(CC)CN. The molecule has 1 atom stereocenters. The van der Waals surface area contributed by atoms with Crippen molar-refractivity contribution < 1.29 is 4.79 Å². The number of primary amides is 1. The van der Waals surface area contributed by atoms with Gasteiger partial charge in [0.2, 0.25) is 5.91 Å². The number of hydrogen-bond acceptors (Lipinski definition) is 3. The molecule has 0 saturated carbocycles. The molecule has 0 radical (unpaired) electrons. The summed E-state index contributed by atoms with van der Waals surface area (Å²) in [5.74, 6) is -0.270. The number of rotatable bonds is 8. The molecule has 0 aliphatic heterocycles. The van der Waals surface area contributed by atoms with Crippen LogP contribution in [0.15, 0.2) is 0 Å². The highest BCUT2D eigenvalue weighted by Gasteiger charge is 2.16. The van der Waals surface area contributed by atoms with Crippen LogP contribution < -0.4 is 11.5 Å². The van der Waals surface area contributed by atoms with Gasteiger partial charge in [0, 0.05) is 12.6 Å². The molecule has 0 aromatic heterocycles. The molecule has 0 aliphatic rings. The van der Waals surface area contributed by atoms with E-state index in [9.17, 15) is 4.79 Å². The Morgan fingerprint density at radius 3 is 2.43 bits per heavy atom. The van der Waals surface area contributed by atoms with Gasteiger partial charge in [-0.05, 0) is 19.4 Å². The van der Waals surface area contributed by atoms with Crippen LogP contribution in [0.25, 0.3) is 0 Å². The maximum atomic E-state index is 10.8. The smallest absolute Gasteiger partial charge is 0.231 e. The van der Waals surface area contributed by atoms with Crippen LogP contribution in [0, 0.1) is 0 Å². The zero-order chi connectivity index (χ0) is 11.0. The number of carbonyl (C=O) groups is 1. The largest absolute Gasteiger partial charge is 0.369 e. The average Bonchev–Trinajstić information content (AvgIpc) is 2.15. The van der Waals surface area contributed by atoms with E-state index in [1.165, 1.54) is 0 Å². The van der Waals surface area contributed by atoms with Crippen LogP contribution in [0.5, 0.6) is 0 Å². The molecule has 84 valence electrons. The third kappa shape index (κ3) is 5.19. The lowest BCUT2D eigenvalue weighted by Gasteiger charge is -2.28. The summed E-state index contributed by atoms with van der Waals surface area (Å²) in [5, 5.41) is 0. The summed E-state index contributed by atoms with van der Waals surface area (Å²) in [7, 11) is 0. The highest BCUT2D eigenvalue weighted by Crippen LogP contribution is 2.04. The van der Waals surface area contributed by atoms with Crippen molar-refractivity contribution in [3.63, 3.8) is 0 Å². The molecule has 0 rings (SSSR count). The van der Waals surface area contributed by atoms with E-state index in [1.807, 2.05) is 0 Å². The predicted molar refractivity (Wildman–Crippen MR) is 58.8 cm³/mol. The zero-order valence-corrected chi connectivity index (χ0v) is 9.33. The van der Waals surface area contributed by atoms with Gasteiger partial charge < -0.3 is 11.5 Å². The molecule has 0 aromatic rings. The summed E-state index contributed by atoms with van der Waals surface area (Å²) < 4.78 is 0. The monoisotopic (exact) mass is 201 g/mol. The van der Waals surface area contributed by atoms with Gasteiger partial charge in [0.1, 0.15) is 0 Å². The Labute approximate surface area is 86.6 Å². The minimum absolute atomic E-state index is 0.270. The van der Waals surface area contributed by atoms with Gasteiger partial charge in [-0.3, -0.25) is 9.69 Å². The molecular weight excluding hydrogens is 178 g/mol. The second kappa shape index (κ2) is 7.76. The standard InChI is InChI=1S/C10H23N3O/c1-3-5-6-13(8-10(12)14)9(4-2)7-11/h9H,3-8,11H2,1-2H3,(H2,12,14). The van der Waals surface area contributed by atoms with E-state index >= 15 is 0 Å². The maximum Gasteiger partial charge on any atom is 0.231 e. The van der Waals surface area contributed by atoms with E-state index in [0.29, 0.717) is 13.1 Å². The van der Waals surface area contributed by atoms with Crippen LogP contribution in [-0.2, 0) is 4.79 Å². The molecule has 4 N–H and O–H groups in total. The highest BCUT2D eigenvalue weighted by molar-refractivity contribution is 5.75. The molecule has 0 heterocycles. The van der Waals surface area contributed by atoms with Gasteiger partial charge in [-0.15, -0.1) is 0 Å². The number of hydrogen-bond donors (Lipinski definition) is 2. The summed E-state index contributed by atoms with van der Waals surface area (Å²) >= 11 is 0. The van der Waals surface area contributed by atoms with Crippen LogP contribution in [0.1, 0.15) is 33.1 Å². The minimum Gasteiger partial charge on any atom is -0.369 e. The van der Waals surface area contributed by atoms with Crippen molar-refractivity contribution in [1.29, 1.82) is 0 Å². The first-order chi connectivity index (χ1) is 6.65. The number of unbranched alkanes of at least 4 members (excludes halogenated alkanes) is 1. The van der Waals surface area contributed by atoms with Crippen molar-refractivity contribution in [3.05, 3.63) is 0 Å². The van der Waals surface area contributed by atoms with Gasteiger partial charge in [0.05, 0.1) is 6.54 Å². The Balaban J connectivity index is 4.12. The van der Waals surface area contributed by atoms with E-state index in [-0.39, 0.29) is 11.9 Å². The first kappa shape index (κ1) is 13.4. The van der Waals surface area contributed by atoms with E-state index in [0.717, 1.165) is 25.8 Å². The molecule has 1 amide bonds. The fourth-order valence-electron chi connectivity index (χ4n) is 1.53. The quantitative estimate of drug-likeness (QED) is 0.593. The molecule has 0 bridgehead atoms. The van der Waals surface area contributed by atoms with Gasteiger partial charge in [-0.25, -0.2) is 0 Å². The fraction of sp³-hybridized carbons (Fsp3) is 0.900. The van der Waals surface area contributed by atoms with E-state index in [2.05, 4.69) is 18.7 Å². The molecule has 4 heteroatoms. The van der Waals surface area contributed by atoms with E-state index < -0.39 is 0 Å². The Hall–Kier alpha value is -0.610. The van der Waals surface area contributed by atoms with Crippen LogP contribution >= 0.6 is 0 Å². The number of amides is 1. The molecule has 0 aromatic carbocycles. The first-order valence-electron chi connectivity index (χ1n) is 5.38. The summed E-state index contributed by atoms with van der Waals surface area (Å²) in [6, 6.07) is 0.286. The van der Waals surface area contributed by atoms with Gasteiger partial charge in [0.25, 0.3) is 0 Å². The lowest BCUT2D eigenvalue weighted by Crippen LogP contribution is -2.45. The maximum absolute atomic E-state index is 10.8. The molecule has 0 spiro atoms. The van der Waals surface area contributed by atoms with Gasteiger partial charge in [0.15, 0.2) is 0 Å². The molecule has 0 saturated heterocycles. The molecule has 0 aliphatic carbocycles. The average molecular weight is 201 g/mol. The Morgan fingerprint density at radius 2 is 2.07 bits per heavy atom. The molecule has 0 fully saturated rings. The third-order valence-corrected chi connectivity index (χ3v) is 2.42. The van der Waals surface area contributed by atoms with Crippen LogP contribution in [0.3, 0.4) is 0 Å². The molecule has 1 unspecified atom stereocenters. The summed E-state index contributed by atoms with van der Waals surface area (Å²) in [6.07, 6.45) is 3.17. The summed E-state index contributed by atoms with van der Waals surface area (Å²) in [6.45, 7) is 6.04.